The molecule has 0 fully saturated rings. The van der Waals surface area contributed by atoms with Crippen LogP contribution in [0.4, 0.5) is 0 Å². The lowest BCUT2D eigenvalue weighted by Crippen LogP contribution is -2.02. The normalized spacial score (nSPS) is 11.6. The van der Waals surface area contributed by atoms with Crippen molar-refractivity contribution in [2.45, 2.75) is 33.2 Å². The van der Waals surface area contributed by atoms with Crippen molar-refractivity contribution in [2.24, 2.45) is 0 Å². The van der Waals surface area contributed by atoms with E-state index in [0.717, 1.165) is 6.42 Å². The predicted molar refractivity (Wildman–Crippen MR) is 67.8 cm³/mol. The van der Waals surface area contributed by atoms with Crippen LogP contribution < -0.4 is 0 Å². The number of hydrogen-bond acceptors (Lipinski definition) is 1. The molecule has 1 aromatic heterocycles. The quantitative estimate of drug-likeness (QED) is 0.839. The summed E-state index contributed by atoms with van der Waals surface area (Å²) in [6, 6.07) is 6.79. The van der Waals surface area contributed by atoms with E-state index < -0.39 is 0 Å². The molecule has 2 nitrogen and oxygen atoms in total. The standard InChI is InChI=1S/C14H19NO/c1-10(2)15-9-11(3)13-6-4-5-12(7-8-16)14(13)15/h4-6,9-10,16H,7-8H2,1-3H3. The SMILES string of the molecule is Cc1cn(C(C)C)c2c(CCO)cccc12. The van der Waals surface area contributed by atoms with Gasteiger partial charge in [-0.15, -0.1) is 0 Å². The van der Waals surface area contributed by atoms with Crippen LogP contribution in [0.5, 0.6) is 0 Å². The summed E-state index contributed by atoms with van der Waals surface area (Å²) in [7, 11) is 0. The molecule has 1 heterocycles. The van der Waals surface area contributed by atoms with Crippen LogP contribution >= 0.6 is 0 Å². The highest BCUT2D eigenvalue weighted by atomic mass is 16.2. The lowest BCUT2D eigenvalue weighted by molar-refractivity contribution is 0.300. The number of nitrogens with zero attached hydrogens (tertiary/aromatic N) is 1. The first-order valence-corrected chi connectivity index (χ1v) is 5.85. The van der Waals surface area contributed by atoms with Crippen LogP contribution in [-0.2, 0) is 6.42 Å². The Balaban J connectivity index is 2.72. The number of aliphatic hydroxyl groups is 1. The molecule has 0 saturated heterocycles. The zero-order valence-corrected chi connectivity index (χ0v) is 10.2. The molecule has 2 rings (SSSR count). The summed E-state index contributed by atoms with van der Waals surface area (Å²) in [6.07, 6.45) is 2.93. The minimum atomic E-state index is 0.210. The van der Waals surface area contributed by atoms with Crippen LogP contribution in [0.25, 0.3) is 10.9 Å². The third kappa shape index (κ3) is 1.74. The van der Waals surface area contributed by atoms with Crippen molar-refractivity contribution in [3.05, 3.63) is 35.5 Å². The molecule has 0 radical (unpaired) electrons. The summed E-state index contributed by atoms with van der Waals surface area (Å²) in [6.45, 7) is 6.73. The minimum absolute atomic E-state index is 0.210. The molecular weight excluding hydrogens is 198 g/mol. The highest BCUT2D eigenvalue weighted by molar-refractivity contribution is 5.86. The molecule has 0 spiro atoms. The number of hydrogen-bond donors (Lipinski definition) is 1. The van der Waals surface area contributed by atoms with Gasteiger partial charge in [0.1, 0.15) is 0 Å². The molecule has 0 amide bonds. The van der Waals surface area contributed by atoms with E-state index in [-0.39, 0.29) is 6.61 Å². The van der Waals surface area contributed by atoms with E-state index >= 15 is 0 Å². The van der Waals surface area contributed by atoms with Crippen LogP contribution in [0, 0.1) is 6.92 Å². The van der Waals surface area contributed by atoms with Gasteiger partial charge in [0.2, 0.25) is 0 Å². The third-order valence-corrected chi connectivity index (χ3v) is 3.07. The topological polar surface area (TPSA) is 25.2 Å². The van der Waals surface area contributed by atoms with Crippen molar-refractivity contribution in [2.75, 3.05) is 6.61 Å². The van der Waals surface area contributed by atoms with Gasteiger partial charge in [0.15, 0.2) is 0 Å². The highest BCUT2D eigenvalue weighted by Crippen LogP contribution is 2.27. The van der Waals surface area contributed by atoms with Crippen LogP contribution in [0.2, 0.25) is 0 Å². The predicted octanol–water partition coefficient (Wildman–Crippen LogP) is 3.07. The number of fused-ring (bicyclic) bond motifs is 1. The average molecular weight is 217 g/mol. The van der Waals surface area contributed by atoms with E-state index in [9.17, 15) is 0 Å². The summed E-state index contributed by atoms with van der Waals surface area (Å²) in [5.41, 5.74) is 3.83. The van der Waals surface area contributed by atoms with Crippen molar-refractivity contribution in [1.82, 2.24) is 4.57 Å². The number of aryl methyl sites for hydroxylation is 1. The van der Waals surface area contributed by atoms with Gasteiger partial charge in [-0.3, -0.25) is 0 Å². The monoisotopic (exact) mass is 217 g/mol. The fourth-order valence-corrected chi connectivity index (χ4v) is 2.29. The number of para-hydroxylation sites is 1. The van der Waals surface area contributed by atoms with Gasteiger partial charge in [0.05, 0.1) is 5.52 Å². The summed E-state index contributed by atoms with van der Waals surface area (Å²) < 4.78 is 2.30. The highest BCUT2D eigenvalue weighted by Gasteiger charge is 2.11. The fraction of sp³-hybridized carbons (Fsp3) is 0.429. The van der Waals surface area contributed by atoms with E-state index in [1.54, 1.807) is 0 Å². The second kappa shape index (κ2) is 4.30. The smallest absolute Gasteiger partial charge is 0.0518 e. The maximum absolute atomic E-state index is 9.11. The van der Waals surface area contributed by atoms with Crippen LogP contribution in [0.3, 0.4) is 0 Å². The number of benzene rings is 1. The molecule has 2 heteroatoms. The maximum Gasteiger partial charge on any atom is 0.0518 e. The van der Waals surface area contributed by atoms with E-state index in [1.807, 2.05) is 0 Å². The Morgan fingerprint density at radius 2 is 2.06 bits per heavy atom. The second-order valence-electron chi connectivity index (χ2n) is 4.60. The van der Waals surface area contributed by atoms with E-state index in [1.165, 1.54) is 22.0 Å². The van der Waals surface area contributed by atoms with E-state index in [2.05, 4.69) is 49.7 Å². The molecule has 86 valence electrons. The molecule has 0 aliphatic heterocycles. The zero-order valence-electron chi connectivity index (χ0n) is 10.2. The van der Waals surface area contributed by atoms with Gasteiger partial charge < -0.3 is 9.67 Å². The van der Waals surface area contributed by atoms with E-state index in [0.29, 0.717) is 6.04 Å². The molecule has 0 atom stereocenters. The first kappa shape index (κ1) is 11.2. The zero-order chi connectivity index (χ0) is 11.7. The summed E-state index contributed by atoms with van der Waals surface area (Å²) in [4.78, 5) is 0. The van der Waals surface area contributed by atoms with Crippen molar-refractivity contribution >= 4 is 10.9 Å². The van der Waals surface area contributed by atoms with Crippen molar-refractivity contribution in [1.29, 1.82) is 0 Å². The molecule has 0 aliphatic carbocycles. The molecule has 0 aliphatic rings. The van der Waals surface area contributed by atoms with Gasteiger partial charge in [0.25, 0.3) is 0 Å². The van der Waals surface area contributed by atoms with Gasteiger partial charge in [-0.05, 0) is 38.3 Å². The largest absolute Gasteiger partial charge is 0.396 e. The Labute approximate surface area is 96.5 Å². The fourth-order valence-electron chi connectivity index (χ4n) is 2.29. The Morgan fingerprint density at radius 1 is 1.31 bits per heavy atom. The Bertz CT molecular complexity index is 497. The Hall–Kier alpha value is -1.28. The molecule has 0 bridgehead atoms. The van der Waals surface area contributed by atoms with Gasteiger partial charge in [-0.25, -0.2) is 0 Å². The van der Waals surface area contributed by atoms with Crippen LogP contribution in [0.15, 0.2) is 24.4 Å². The molecular formula is C14H19NO. The third-order valence-electron chi connectivity index (χ3n) is 3.07. The second-order valence-corrected chi connectivity index (χ2v) is 4.60. The van der Waals surface area contributed by atoms with Crippen LogP contribution in [0.1, 0.15) is 31.0 Å². The minimum Gasteiger partial charge on any atom is -0.396 e. The first-order valence-electron chi connectivity index (χ1n) is 5.85. The van der Waals surface area contributed by atoms with Crippen LogP contribution in [-0.4, -0.2) is 16.3 Å². The average Bonchev–Trinajstić information content (AvgIpc) is 2.58. The summed E-state index contributed by atoms with van der Waals surface area (Å²) in [5, 5.41) is 10.4. The number of aliphatic hydroxyl groups excluding tert-OH is 1. The Kier molecular flexibility index (Phi) is 3.01. The van der Waals surface area contributed by atoms with Gasteiger partial charge in [0, 0.05) is 24.2 Å². The van der Waals surface area contributed by atoms with Crippen molar-refractivity contribution in [3.8, 4) is 0 Å². The van der Waals surface area contributed by atoms with Gasteiger partial charge in [-0.2, -0.15) is 0 Å². The molecule has 2 aromatic rings. The van der Waals surface area contributed by atoms with Crippen molar-refractivity contribution in [3.63, 3.8) is 0 Å². The van der Waals surface area contributed by atoms with Gasteiger partial charge >= 0.3 is 0 Å². The molecule has 1 aromatic carbocycles. The lowest BCUT2D eigenvalue weighted by atomic mass is 10.1. The van der Waals surface area contributed by atoms with E-state index in [4.69, 9.17) is 5.11 Å². The lowest BCUT2D eigenvalue weighted by Gasteiger charge is -2.12. The van der Waals surface area contributed by atoms with Gasteiger partial charge in [-0.1, -0.05) is 18.2 Å². The summed E-state index contributed by atoms with van der Waals surface area (Å²) in [5.74, 6) is 0. The maximum atomic E-state index is 9.11. The first-order chi connectivity index (χ1) is 7.65. The molecule has 16 heavy (non-hydrogen) atoms. The Morgan fingerprint density at radius 3 is 2.69 bits per heavy atom. The number of aromatic nitrogens is 1. The molecule has 1 N–H and O–H groups in total. The molecule has 0 saturated carbocycles. The summed E-state index contributed by atoms with van der Waals surface area (Å²) >= 11 is 0. The van der Waals surface area contributed by atoms with Crippen molar-refractivity contribution < 1.29 is 5.11 Å². The number of rotatable bonds is 3. The molecule has 0 unspecified atom stereocenters.